The van der Waals surface area contributed by atoms with Crippen LogP contribution in [0, 0.1) is 11.3 Å². The number of aliphatic hydroxyl groups is 1. The Morgan fingerprint density at radius 1 is 1.50 bits per heavy atom. The van der Waals surface area contributed by atoms with Gasteiger partial charge in [0.1, 0.15) is 6.07 Å². The molecule has 0 spiro atoms. The zero-order valence-electron chi connectivity index (χ0n) is 11.4. The summed E-state index contributed by atoms with van der Waals surface area (Å²) < 4.78 is 0. The third-order valence-corrected chi connectivity index (χ3v) is 3.46. The number of nitrogens with zero attached hydrogens (tertiary/aromatic N) is 2. The number of para-hydroxylation sites is 1. The first-order valence-electron chi connectivity index (χ1n) is 6.88. The van der Waals surface area contributed by atoms with E-state index in [9.17, 15) is 9.90 Å². The molecule has 2 rings (SSSR count). The number of hydrogen-bond donors (Lipinski definition) is 2. The number of nitriles is 1. The highest BCUT2D eigenvalue weighted by atomic mass is 16.3. The molecule has 20 heavy (non-hydrogen) atoms. The number of carbonyl (C=O) groups is 1. The first-order chi connectivity index (χ1) is 9.69. The van der Waals surface area contributed by atoms with E-state index in [4.69, 9.17) is 5.26 Å². The largest absolute Gasteiger partial charge is 0.392 e. The van der Waals surface area contributed by atoms with Crippen LogP contribution in [-0.2, 0) is 4.79 Å². The Kier molecular flexibility index (Phi) is 5.10. The smallest absolute Gasteiger partial charge is 0.225 e. The van der Waals surface area contributed by atoms with Crippen molar-refractivity contribution in [2.45, 2.75) is 25.4 Å². The molecule has 0 unspecified atom stereocenters. The third-order valence-electron chi connectivity index (χ3n) is 3.46. The van der Waals surface area contributed by atoms with Gasteiger partial charge in [-0.05, 0) is 31.5 Å². The van der Waals surface area contributed by atoms with Crippen LogP contribution in [0.15, 0.2) is 24.3 Å². The van der Waals surface area contributed by atoms with Crippen LogP contribution in [-0.4, -0.2) is 41.7 Å². The number of anilines is 1. The van der Waals surface area contributed by atoms with Crippen molar-refractivity contribution in [3.63, 3.8) is 0 Å². The molecule has 0 radical (unpaired) electrons. The molecule has 5 nitrogen and oxygen atoms in total. The zero-order valence-corrected chi connectivity index (χ0v) is 11.4. The fraction of sp³-hybridized carbons (Fsp3) is 0.467. The Bertz CT molecular complexity index is 510. The normalized spacial score (nSPS) is 19.3. The molecule has 1 aliphatic heterocycles. The maximum atomic E-state index is 11.9. The second-order valence-corrected chi connectivity index (χ2v) is 5.05. The van der Waals surface area contributed by atoms with Crippen LogP contribution in [0.4, 0.5) is 5.69 Å². The van der Waals surface area contributed by atoms with Gasteiger partial charge in [-0.15, -0.1) is 0 Å². The zero-order chi connectivity index (χ0) is 14.4. The molecule has 0 aromatic heterocycles. The molecule has 0 aliphatic carbocycles. The molecule has 2 N–H and O–H groups in total. The van der Waals surface area contributed by atoms with Gasteiger partial charge in [0.15, 0.2) is 0 Å². The average molecular weight is 273 g/mol. The molecule has 1 aromatic carbocycles. The Hall–Kier alpha value is -1.90. The minimum atomic E-state index is -0.272. The number of nitrogens with one attached hydrogen (secondary N) is 1. The highest BCUT2D eigenvalue weighted by molar-refractivity contribution is 5.92. The maximum absolute atomic E-state index is 11.9. The molecule has 1 atom stereocenters. The van der Waals surface area contributed by atoms with Gasteiger partial charge in [0.2, 0.25) is 5.91 Å². The molecule has 1 amide bonds. The van der Waals surface area contributed by atoms with Crippen molar-refractivity contribution < 1.29 is 9.90 Å². The van der Waals surface area contributed by atoms with Crippen LogP contribution in [0.2, 0.25) is 0 Å². The lowest BCUT2D eigenvalue weighted by Crippen LogP contribution is -2.39. The van der Waals surface area contributed by atoms with E-state index >= 15 is 0 Å². The number of aliphatic hydroxyl groups excluding tert-OH is 1. The average Bonchev–Trinajstić information content (AvgIpc) is 2.46. The molecule has 0 saturated carbocycles. The van der Waals surface area contributed by atoms with Gasteiger partial charge in [-0.3, -0.25) is 4.79 Å². The lowest BCUT2D eigenvalue weighted by Gasteiger charge is -2.29. The highest BCUT2D eigenvalue weighted by Crippen LogP contribution is 2.14. The summed E-state index contributed by atoms with van der Waals surface area (Å²) in [5.41, 5.74) is 1.02. The molecule has 1 saturated heterocycles. The van der Waals surface area contributed by atoms with Gasteiger partial charge in [-0.1, -0.05) is 12.1 Å². The molecule has 106 valence electrons. The summed E-state index contributed by atoms with van der Waals surface area (Å²) in [5.74, 6) is -0.104. The molecule has 1 aromatic rings. The predicted octanol–water partition coefficient (Wildman–Crippen LogP) is 1.34. The molecule has 1 heterocycles. The SMILES string of the molecule is N#Cc1ccccc1NC(=O)CCN1CCC[C@H](O)C1. The van der Waals surface area contributed by atoms with E-state index in [1.54, 1.807) is 24.3 Å². The number of rotatable bonds is 4. The summed E-state index contributed by atoms with van der Waals surface area (Å²) in [6, 6.07) is 9.01. The molecule has 1 aliphatic rings. The van der Waals surface area contributed by atoms with E-state index in [1.807, 2.05) is 0 Å². The summed E-state index contributed by atoms with van der Waals surface area (Å²) in [7, 11) is 0. The van der Waals surface area contributed by atoms with Crippen LogP contribution in [0.3, 0.4) is 0 Å². The molecule has 0 bridgehead atoms. The first kappa shape index (κ1) is 14.5. The van der Waals surface area contributed by atoms with E-state index in [0.29, 0.717) is 30.8 Å². The van der Waals surface area contributed by atoms with Crippen molar-refractivity contribution in [2.24, 2.45) is 0 Å². The van der Waals surface area contributed by atoms with Crippen LogP contribution < -0.4 is 5.32 Å². The highest BCUT2D eigenvalue weighted by Gasteiger charge is 2.18. The van der Waals surface area contributed by atoms with Crippen molar-refractivity contribution in [3.05, 3.63) is 29.8 Å². The van der Waals surface area contributed by atoms with E-state index < -0.39 is 0 Å². The molecular formula is C15H19N3O2. The monoisotopic (exact) mass is 273 g/mol. The van der Waals surface area contributed by atoms with E-state index in [0.717, 1.165) is 19.4 Å². The Balaban J connectivity index is 1.82. The third kappa shape index (κ3) is 4.05. The maximum Gasteiger partial charge on any atom is 0.225 e. The number of likely N-dealkylation sites (tertiary alicyclic amines) is 1. The lowest BCUT2D eigenvalue weighted by atomic mass is 10.1. The van der Waals surface area contributed by atoms with Gasteiger partial charge >= 0.3 is 0 Å². The number of amides is 1. The second-order valence-electron chi connectivity index (χ2n) is 5.05. The van der Waals surface area contributed by atoms with E-state index in [1.165, 1.54) is 0 Å². The van der Waals surface area contributed by atoms with E-state index in [2.05, 4.69) is 16.3 Å². The number of β-amino-alcohol motifs (C(OH)–C–C–N with tert-alkyl or cyclic N) is 1. The van der Waals surface area contributed by atoms with Gasteiger partial charge in [0.25, 0.3) is 0 Å². The topological polar surface area (TPSA) is 76.4 Å². The Morgan fingerprint density at radius 2 is 2.30 bits per heavy atom. The summed E-state index contributed by atoms with van der Waals surface area (Å²) in [6.45, 7) is 2.21. The minimum absolute atomic E-state index is 0.104. The number of piperidine rings is 1. The standard InChI is InChI=1S/C15H19N3O2/c16-10-12-4-1-2-6-14(12)17-15(20)7-9-18-8-3-5-13(19)11-18/h1-2,4,6,13,19H,3,5,7-9,11H2,(H,17,20)/t13-/m0/s1. The van der Waals surface area contributed by atoms with Gasteiger partial charge in [-0.2, -0.15) is 5.26 Å². The molecular weight excluding hydrogens is 254 g/mol. The fourth-order valence-electron chi connectivity index (χ4n) is 2.40. The van der Waals surface area contributed by atoms with E-state index in [-0.39, 0.29) is 12.0 Å². The summed E-state index contributed by atoms with van der Waals surface area (Å²) in [5, 5.41) is 21.3. The van der Waals surface area contributed by atoms with Crippen LogP contribution in [0.1, 0.15) is 24.8 Å². The Labute approximate surface area is 118 Å². The van der Waals surface area contributed by atoms with Crippen molar-refractivity contribution >= 4 is 11.6 Å². The fourth-order valence-corrected chi connectivity index (χ4v) is 2.40. The van der Waals surface area contributed by atoms with Gasteiger partial charge in [0.05, 0.1) is 17.4 Å². The van der Waals surface area contributed by atoms with Crippen molar-refractivity contribution in [1.82, 2.24) is 4.90 Å². The van der Waals surface area contributed by atoms with Gasteiger partial charge in [0, 0.05) is 19.5 Å². The first-order valence-corrected chi connectivity index (χ1v) is 6.88. The van der Waals surface area contributed by atoms with Crippen LogP contribution in [0.5, 0.6) is 0 Å². The lowest BCUT2D eigenvalue weighted by molar-refractivity contribution is -0.116. The Morgan fingerprint density at radius 3 is 3.05 bits per heavy atom. The quantitative estimate of drug-likeness (QED) is 0.868. The number of carbonyl (C=O) groups excluding carboxylic acids is 1. The van der Waals surface area contributed by atoms with Gasteiger partial charge < -0.3 is 15.3 Å². The molecule has 1 fully saturated rings. The summed E-state index contributed by atoms with van der Waals surface area (Å²) in [4.78, 5) is 14.0. The van der Waals surface area contributed by atoms with Crippen molar-refractivity contribution in [3.8, 4) is 6.07 Å². The van der Waals surface area contributed by atoms with Gasteiger partial charge in [-0.25, -0.2) is 0 Å². The minimum Gasteiger partial charge on any atom is -0.392 e. The molecule has 5 heteroatoms. The number of benzene rings is 1. The van der Waals surface area contributed by atoms with Crippen LogP contribution in [0.25, 0.3) is 0 Å². The predicted molar refractivity (Wildman–Crippen MR) is 76.1 cm³/mol. The van der Waals surface area contributed by atoms with Crippen molar-refractivity contribution in [1.29, 1.82) is 5.26 Å². The van der Waals surface area contributed by atoms with Crippen molar-refractivity contribution in [2.75, 3.05) is 25.0 Å². The van der Waals surface area contributed by atoms with Crippen LogP contribution >= 0.6 is 0 Å². The number of hydrogen-bond acceptors (Lipinski definition) is 4. The summed E-state index contributed by atoms with van der Waals surface area (Å²) >= 11 is 0. The second kappa shape index (κ2) is 7.04. The summed E-state index contributed by atoms with van der Waals surface area (Å²) in [6.07, 6.45) is 1.91.